The van der Waals surface area contributed by atoms with Gasteiger partial charge in [-0.2, -0.15) is 5.26 Å². The fourth-order valence-corrected chi connectivity index (χ4v) is 3.64. The summed E-state index contributed by atoms with van der Waals surface area (Å²) < 4.78 is 47.2. The van der Waals surface area contributed by atoms with Crippen molar-refractivity contribution in [1.29, 1.82) is 5.26 Å². The topological polar surface area (TPSA) is 59.3 Å². The summed E-state index contributed by atoms with van der Waals surface area (Å²) in [6.45, 7) is 0. The number of rotatable bonds is 9. The van der Waals surface area contributed by atoms with Crippen molar-refractivity contribution in [3.8, 4) is 11.8 Å². The lowest BCUT2D eigenvalue weighted by atomic mass is 9.91. The Labute approximate surface area is 202 Å². The Balaban J connectivity index is 1.80. The maximum atomic E-state index is 12.8. The van der Waals surface area contributed by atoms with Crippen LogP contribution < -0.4 is 4.74 Å². The van der Waals surface area contributed by atoms with Crippen molar-refractivity contribution in [3.05, 3.63) is 107 Å². The van der Waals surface area contributed by atoms with Crippen molar-refractivity contribution in [2.24, 2.45) is 5.92 Å². The monoisotopic (exact) mass is 479 g/mol. The summed E-state index contributed by atoms with van der Waals surface area (Å²) >= 11 is 0. The fraction of sp³-hybridized carbons (Fsp3) is 0.214. The number of halogens is 3. The number of benzene rings is 3. The molecule has 0 saturated heterocycles. The van der Waals surface area contributed by atoms with Crippen molar-refractivity contribution >= 4 is 12.0 Å². The lowest BCUT2D eigenvalue weighted by molar-refractivity contribution is -0.274. The second-order valence-corrected chi connectivity index (χ2v) is 7.94. The van der Waals surface area contributed by atoms with E-state index in [-0.39, 0.29) is 11.7 Å². The lowest BCUT2D eigenvalue weighted by Crippen LogP contribution is -2.17. The number of nitrogens with zero attached hydrogens (tertiary/aromatic N) is 1. The summed E-state index contributed by atoms with van der Waals surface area (Å²) in [4.78, 5) is 11.7. The van der Waals surface area contributed by atoms with Gasteiger partial charge in [0.15, 0.2) is 0 Å². The number of ether oxygens (including phenoxy) is 2. The quantitative estimate of drug-likeness (QED) is 0.319. The van der Waals surface area contributed by atoms with Crippen molar-refractivity contribution < 1.29 is 27.4 Å². The van der Waals surface area contributed by atoms with E-state index < -0.39 is 12.3 Å². The third kappa shape index (κ3) is 8.04. The van der Waals surface area contributed by atoms with E-state index in [0.717, 1.165) is 24.0 Å². The molecule has 180 valence electrons. The number of hydrogen-bond donors (Lipinski definition) is 0. The molecule has 0 aliphatic carbocycles. The van der Waals surface area contributed by atoms with E-state index in [0.29, 0.717) is 23.1 Å². The number of para-hydroxylation sites is 1. The lowest BCUT2D eigenvalue weighted by Gasteiger charge is -2.15. The molecule has 4 nitrogen and oxygen atoms in total. The molecule has 1 atom stereocenters. The predicted molar refractivity (Wildman–Crippen MR) is 127 cm³/mol. The zero-order chi connectivity index (χ0) is 25.3. The van der Waals surface area contributed by atoms with Gasteiger partial charge in [0.05, 0.1) is 24.3 Å². The zero-order valence-electron chi connectivity index (χ0n) is 19.1. The maximum absolute atomic E-state index is 12.8. The maximum Gasteiger partial charge on any atom is 0.573 e. The van der Waals surface area contributed by atoms with Gasteiger partial charge >= 0.3 is 12.3 Å². The molecule has 3 rings (SSSR count). The largest absolute Gasteiger partial charge is 0.573 e. The van der Waals surface area contributed by atoms with E-state index in [2.05, 4.69) is 10.8 Å². The Bertz CT molecular complexity index is 1190. The van der Waals surface area contributed by atoms with Gasteiger partial charge in [0.1, 0.15) is 5.75 Å². The standard InChI is InChI=1S/C28H24F3NO3/c1-34-27(33)25-16-13-22(14-17-25)18-21(9-6-20-7-10-23(19-32)11-8-20)12-15-24-4-2-3-5-26(24)35-28(29,30)31/h2-5,7-8,10-17,21H,6,9,18H2,1H3. The highest BCUT2D eigenvalue weighted by Gasteiger charge is 2.31. The first kappa shape index (κ1) is 25.6. The summed E-state index contributed by atoms with van der Waals surface area (Å²) in [7, 11) is 1.32. The SMILES string of the molecule is COC(=O)c1ccc(CC(C=Cc2ccccc2OC(F)(F)F)CCc2ccc(C#N)cc2)cc1. The molecule has 35 heavy (non-hydrogen) atoms. The first-order chi connectivity index (χ1) is 16.8. The van der Waals surface area contributed by atoms with E-state index >= 15 is 0 Å². The summed E-state index contributed by atoms with van der Waals surface area (Å²) in [6.07, 6.45) is 0.825. The Morgan fingerprint density at radius 3 is 2.29 bits per heavy atom. The number of carbonyl (C=O) groups excluding carboxylic acids is 1. The van der Waals surface area contributed by atoms with Gasteiger partial charge < -0.3 is 9.47 Å². The van der Waals surface area contributed by atoms with Crippen LogP contribution >= 0.6 is 0 Å². The van der Waals surface area contributed by atoms with Crippen LogP contribution in [0.1, 0.15) is 39.0 Å². The highest BCUT2D eigenvalue weighted by Crippen LogP contribution is 2.28. The summed E-state index contributed by atoms with van der Waals surface area (Å²) in [6, 6.07) is 22.5. The number of alkyl halides is 3. The molecule has 0 aliphatic rings. The van der Waals surface area contributed by atoms with E-state index in [1.54, 1.807) is 42.5 Å². The van der Waals surface area contributed by atoms with Crippen LogP contribution in [0.15, 0.2) is 78.9 Å². The van der Waals surface area contributed by atoms with Crippen LogP contribution in [-0.4, -0.2) is 19.4 Å². The molecule has 0 fully saturated rings. The number of esters is 1. The summed E-state index contributed by atoms with van der Waals surface area (Å²) in [5.74, 6) is -0.687. The molecule has 0 N–H and O–H groups in total. The number of nitriles is 1. The van der Waals surface area contributed by atoms with E-state index in [4.69, 9.17) is 10.00 Å². The van der Waals surface area contributed by atoms with Gasteiger partial charge in [-0.05, 0) is 66.6 Å². The number of hydrogen-bond acceptors (Lipinski definition) is 4. The van der Waals surface area contributed by atoms with Gasteiger partial charge in [0.2, 0.25) is 0 Å². The Kier molecular flexibility index (Phi) is 8.69. The predicted octanol–water partition coefficient (Wildman–Crippen LogP) is 6.75. The zero-order valence-corrected chi connectivity index (χ0v) is 19.1. The van der Waals surface area contributed by atoms with Crippen molar-refractivity contribution in [2.75, 3.05) is 7.11 Å². The Morgan fingerprint density at radius 2 is 1.66 bits per heavy atom. The van der Waals surface area contributed by atoms with Crippen LogP contribution in [0.25, 0.3) is 6.08 Å². The Hall–Kier alpha value is -4.05. The van der Waals surface area contributed by atoms with Gasteiger partial charge in [-0.15, -0.1) is 13.2 Å². The van der Waals surface area contributed by atoms with Gasteiger partial charge in [-0.25, -0.2) is 4.79 Å². The second-order valence-electron chi connectivity index (χ2n) is 7.94. The number of aryl methyl sites for hydroxylation is 1. The average Bonchev–Trinajstić information content (AvgIpc) is 2.85. The molecule has 3 aromatic rings. The number of methoxy groups -OCH3 is 1. The van der Waals surface area contributed by atoms with Crippen molar-refractivity contribution in [1.82, 2.24) is 0 Å². The van der Waals surface area contributed by atoms with Crippen molar-refractivity contribution in [3.63, 3.8) is 0 Å². The highest BCUT2D eigenvalue weighted by atomic mass is 19.4. The molecule has 1 unspecified atom stereocenters. The average molecular weight is 479 g/mol. The van der Waals surface area contributed by atoms with Crippen LogP contribution in [-0.2, 0) is 17.6 Å². The van der Waals surface area contributed by atoms with E-state index in [9.17, 15) is 18.0 Å². The molecular formula is C28H24F3NO3. The highest BCUT2D eigenvalue weighted by molar-refractivity contribution is 5.89. The molecule has 0 bridgehead atoms. The van der Waals surface area contributed by atoms with Gasteiger partial charge in [0, 0.05) is 5.56 Å². The molecule has 3 aromatic carbocycles. The van der Waals surface area contributed by atoms with Crippen LogP contribution in [0.4, 0.5) is 13.2 Å². The molecule has 0 spiro atoms. The van der Waals surface area contributed by atoms with Gasteiger partial charge in [-0.1, -0.05) is 54.6 Å². The molecule has 7 heteroatoms. The van der Waals surface area contributed by atoms with Crippen LogP contribution in [0.2, 0.25) is 0 Å². The van der Waals surface area contributed by atoms with Crippen LogP contribution in [0.3, 0.4) is 0 Å². The molecule has 0 radical (unpaired) electrons. The van der Waals surface area contributed by atoms with Crippen molar-refractivity contribution in [2.45, 2.75) is 25.6 Å². The minimum Gasteiger partial charge on any atom is -0.465 e. The third-order valence-electron chi connectivity index (χ3n) is 5.45. The number of carbonyl (C=O) groups is 1. The minimum atomic E-state index is -4.78. The van der Waals surface area contributed by atoms with E-state index in [1.165, 1.54) is 19.2 Å². The normalized spacial score (nSPS) is 12.2. The summed E-state index contributed by atoms with van der Waals surface area (Å²) in [5.41, 5.74) is 3.39. The molecule has 0 aliphatic heterocycles. The van der Waals surface area contributed by atoms with Crippen LogP contribution in [0.5, 0.6) is 5.75 Å². The van der Waals surface area contributed by atoms with Gasteiger partial charge in [0.25, 0.3) is 0 Å². The second kappa shape index (κ2) is 11.9. The number of allylic oxidation sites excluding steroid dienone is 1. The summed E-state index contributed by atoms with van der Waals surface area (Å²) in [5, 5.41) is 8.98. The third-order valence-corrected chi connectivity index (χ3v) is 5.45. The smallest absolute Gasteiger partial charge is 0.465 e. The molecule has 0 saturated carbocycles. The molecule has 0 amide bonds. The van der Waals surface area contributed by atoms with Gasteiger partial charge in [-0.3, -0.25) is 0 Å². The minimum absolute atomic E-state index is 0.00596. The fourth-order valence-electron chi connectivity index (χ4n) is 3.64. The molecule has 0 heterocycles. The van der Waals surface area contributed by atoms with Crippen LogP contribution in [0, 0.1) is 17.2 Å². The first-order valence-corrected chi connectivity index (χ1v) is 11.0. The molecular weight excluding hydrogens is 455 g/mol. The first-order valence-electron chi connectivity index (χ1n) is 11.0. The molecule has 0 aromatic heterocycles. The van der Waals surface area contributed by atoms with E-state index in [1.807, 2.05) is 30.3 Å². The Morgan fingerprint density at radius 1 is 1.00 bits per heavy atom.